The second-order valence-electron chi connectivity index (χ2n) is 7.79. The van der Waals surface area contributed by atoms with E-state index >= 15 is 0 Å². The lowest BCUT2D eigenvalue weighted by Gasteiger charge is -2.22. The Labute approximate surface area is 195 Å². The zero-order valence-corrected chi connectivity index (χ0v) is 19.8. The summed E-state index contributed by atoms with van der Waals surface area (Å²) in [4.78, 5) is 12.4. The molecule has 0 aliphatic rings. The fraction of sp³-hybridized carbons (Fsp3) is 0.240. The summed E-state index contributed by atoms with van der Waals surface area (Å²) >= 11 is 6.03. The Bertz CT molecular complexity index is 1180. The molecule has 7 heteroatoms. The van der Waals surface area contributed by atoms with Crippen molar-refractivity contribution in [2.45, 2.75) is 26.3 Å². The second-order valence-corrected chi connectivity index (χ2v) is 10.1. The molecule has 168 valence electrons. The van der Waals surface area contributed by atoms with E-state index in [1.807, 2.05) is 6.07 Å². The third kappa shape index (κ3) is 6.84. The summed E-state index contributed by atoms with van der Waals surface area (Å²) in [5.41, 5.74) is 4.30. The van der Waals surface area contributed by atoms with Gasteiger partial charge in [-0.15, -0.1) is 0 Å². The van der Waals surface area contributed by atoms with Gasteiger partial charge in [0, 0.05) is 17.1 Å². The molecule has 0 fully saturated rings. The summed E-state index contributed by atoms with van der Waals surface area (Å²) in [6.07, 6.45) is 2.93. The van der Waals surface area contributed by atoms with Crippen molar-refractivity contribution in [1.82, 2.24) is 5.32 Å². The number of nitrogens with zero attached hydrogens (tertiary/aromatic N) is 1. The van der Waals surface area contributed by atoms with E-state index in [4.69, 9.17) is 11.6 Å². The first-order valence-electron chi connectivity index (χ1n) is 10.4. The highest BCUT2D eigenvalue weighted by molar-refractivity contribution is 7.92. The number of rotatable bonds is 9. The smallest absolute Gasteiger partial charge is 0.251 e. The van der Waals surface area contributed by atoms with E-state index in [1.165, 1.54) is 15.4 Å². The molecule has 0 aliphatic heterocycles. The summed E-state index contributed by atoms with van der Waals surface area (Å²) < 4.78 is 25.9. The van der Waals surface area contributed by atoms with Crippen LogP contribution in [0.4, 0.5) is 5.69 Å². The molecule has 0 aliphatic carbocycles. The molecule has 0 saturated carbocycles. The molecule has 1 N–H and O–H groups in total. The highest BCUT2D eigenvalue weighted by Gasteiger charge is 2.18. The Morgan fingerprint density at radius 2 is 1.69 bits per heavy atom. The van der Waals surface area contributed by atoms with E-state index in [9.17, 15) is 13.2 Å². The number of carbonyl (C=O) groups excluding carboxylic acids is 1. The number of aryl methyl sites for hydroxylation is 2. The molecule has 1 amide bonds. The predicted octanol–water partition coefficient (Wildman–Crippen LogP) is 4.98. The summed E-state index contributed by atoms with van der Waals surface area (Å²) in [5.74, 6) is -0.143. The van der Waals surface area contributed by atoms with Gasteiger partial charge in [-0.3, -0.25) is 9.10 Å². The van der Waals surface area contributed by atoms with Crippen LogP contribution in [-0.4, -0.2) is 27.1 Å². The molecule has 0 saturated heterocycles. The largest absolute Gasteiger partial charge is 0.352 e. The van der Waals surface area contributed by atoms with Gasteiger partial charge in [0.2, 0.25) is 10.0 Å². The van der Waals surface area contributed by atoms with Crippen LogP contribution < -0.4 is 9.62 Å². The maximum atomic E-state index is 12.4. The number of benzene rings is 3. The van der Waals surface area contributed by atoms with E-state index in [-0.39, 0.29) is 12.5 Å². The van der Waals surface area contributed by atoms with Crippen LogP contribution in [0.2, 0.25) is 5.02 Å². The van der Waals surface area contributed by atoms with Gasteiger partial charge >= 0.3 is 0 Å². The third-order valence-electron chi connectivity index (χ3n) is 5.05. The van der Waals surface area contributed by atoms with Crippen LogP contribution in [0.15, 0.2) is 72.8 Å². The monoisotopic (exact) mass is 470 g/mol. The highest BCUT2D eigenvalue weighted by atomic mass is 35.5. The minimum atomic E-state index is -3.50. The molecule has 0 radical (unpaired) electrons. The molecule has 0 spiro atoms. The number of anilines is 1. The minimum Gasteiger partial charge on any atom is -0.352 e. The Balaban J connectivity index is 1.58. The average molecular weight is 471 g/mol. The third-order valence-corrected chi connectivity index (χ3v) is 6.42. The summed E-state index contributed by atoms with van der Waals surface area (Å²) in [7, 11) is -3.50. The van der Waals surface area contributed by atoms with Crippen molar-refractivity contribution in [2.24, 2.45) is 0 Å². The summed E-state index contributed by atoms with van der Waals surface area (Å²) in [5, 5.41) is 3.40. The Morgan fingerprint density at radius 3 is 2.34 bits per heavy atom. The van der Waals surface area contributed by atoms with Gasteiger partial charge in [0.1, 0.15) is 0 Å². The zero-order chi connectivity index (χ0) is 23.1. The van der Waals surface area contributed by atoms with Gasteiger partial charge < -0.3 is 5.32 Å². The second kappa shape index (κ2) is 10.7. The summed E-state index contributed by atoms with van der Waals surface area (Å²) in [6.45, 7) is 2.81. The predicted molar refractivity (Wildman–Crippen MR) is 131 cm³/mol. The fourth-order valence-corrected chi connectivity index (χ4v) is 4.49. The van der Waals surface area contributed by atoms with Crippen molar-refractivity contribution in [3.63, 3.8) is 0 Å². The van der Waals surface area contributed by atoms with Gasteiger partial charge in [0.15, 0.2) is 0 Å². The normalized spacial score (nSPS) is 11.2. The standard InChI is InChI=1S/C25H27ClN2O3S/c1-19-6-3-7-20(16-19)8-5-15-27-25(29)22-13-11-21(12-14-22)18-28(32(2,30)31)24-10-4-9-23(26)17-24/h3-4,6-7,9-14,16-17H,5,8,15,18H2,1-2H3,(H,27,29). The van der Waals surface area contributed by atoms with Crippen molar-refractivity contribution >= 4 is 33.2 Å². The van der Waals surface area contributed by atoms with E-state index in [1.54, 1.807) is 48.5 Å². The maximum Gasteiger partial charge on any atom is 0.251 e. The number of hydrogen-bond acceptors (Lipinski definition) is 3. The number of halogens is 1. The van der Waals surface area contributed by atoms with Crippen molar-refractivity contribution in [3.8, 4) is 0 Å². The number of sulfonamides is 1. The van der Waals surface area contributed by atoms with Gasteiger partial charge in [-0.05, 0) is 61.2 Å². The molecule has 5 nitrogen and oxygen atoms in total. The molecule has 3 rings (SSSR count). The molecule has 3 aromatic rings. The first-order valence-corrected chi connectivity index (χ1v) is 12.6. The molecule has 0 heterocycles. The minimum absolute atomic E-state index is 0.143. The van der Waals surface area contributed by atoms with Gasteiger partial charge in [-0.25, -0.2) is 8.42 Å². The molecular formula is C25H27ClN2O3S. The van der Waals surface area contributed by atoms with Crippen LogP contribution in [0.3, 0.4) is 0 Å². The van der Waals surface area contributed by atoms with Gasteiger partial charge in [0.05, 0.1) is 18.5 Å². The Kier molecular flexibility index (Phi) is 7.94. The number of carbonyl (C=O) groups is 1. The molecule has 0 atom stereocenters. The first-order chi connectivity index (χ1) is 15.2. The van der Waals surface area contributed by atoms with Crippen LogP contribution >= 0.6 is 11.6 Å². The van der Waals surface area contributed by atoms with Crippen molar-refractivity contribution < 1.29 is 13.2 Å². The van der Waals surface area contributed by atoms with Crippen molar-refractivity contribution in [1.29, 1.82) is 0 Å². The number of hydrogen-bond donors (Lipinski definition) is 1. The lowest BCUT2D eigenvalue weighted by molar-refractivity contribution is 0.0953. The average Bonchev–Trinajstić information content (AvgIpc) is 2.74. The van der Waals surface area contributed by atoms with Crippen molar-refractivity contribution in [3.05, 3.63) is 100 Å². The van der Waals surface area contributed by atoms with Crippen LogP contribution in [0.25, 0.3) is 0 Å². The molecule has 32 heavy (non-hydrogen) atoms. The first kappa shape index (κ1) is 23.8. The van der Waals surface area contributed by atoms with Crippen LogP contribution in [-0.2, 0) is 23.0 Å². The summed E-state index contributed by atoms with van der Waals surface area (Å²) in [6, 6.07) is 22.0. The Hall–Kier alpha value is -2.83. The number of amides is 1. The molecule has 0 bridgehead atoms. The fourth-order valence-electron chi connectivity index (χ4n) is 3.42. The van der Waals surface area contributed by atoms with E-state index < -0.39 is 10.0 Å². The topological polar surface area (TPSA) is 66.5 Å². The molecular weight excluding hydrogens is 444 g/mol. The quantitative estimate of drug-likeness (QED) is 0.448. The van der Waals surface area contributed by atoms with Crippen LogP contribution in [0.1, 0.15) is 33.5 Å². The SMILES string of the molecule is Cc1cccc(CCCNC(=O)c2ccc(CN(c3cccc(Cl)c3)S(C)(=O)=O)cc2)c1. The van der Waals surface area contributed by atoms with E-state index in [2.05, 4.69) is 30.4 Å². The maximum absolute atomic E-state index is 12.4. The number of nitrogens with one attached hydrogen (secondary N) is 1. The molecule has 0 unspecified atom stereocenters. The van der Waals surface area contributed by atoms with Gasteiger partial charge in [-0.2, -0.15) is 0 Å². The lowest BCUT2D eigenvalue weighted by atomic mass is 10.1. The van der Waals surface area contributed by atoms with Gasteiger partial charge in [-0.1, -0.05) is 59.6 Å². The van der Waals surface area contributed by atoms with Gasteiger partial charge in [0.25, 0.3) is 5.91 Å². The van der Waals surface area contributed by atoms with Crippen molar-refractivity contribution in [2.75, 3.05) is 17.1 Å². The van der Waals surface area contributed by atoms with Crippen LogP contribution in [0, 0.1) is 6.92 Å². The van der Waals surface area contributed by atoms with E-state index in [0.29, 0.717) is 22.8 Å². The van der Waals surface area contributed by atoms with E-state index in [0.717, 1.165) is 24.7 Å². The zero-order valence-electron chi connectivity index (χ0n) is 18.2. The molecule has 3 aromatic carbocycles. The molecule has 0 aromatic heterocycles. The Morgan fingerprint density at radius 1 is 0.969 bits per heavy atom. The highest BCUT2D eigenvalue weighted by Crippen LogP contribution is 2.24. The lowest BCUT2D eigenvalue weighted by Crippen LogP contribution is -2.29. The van der Waals surface area contributed by atoms with Crippen LogP contribution in [0.5, 0.6) is 0 Å².